The van der Waals surface area contributed by atoms with E-state index in [2.05, 4.69) is 59.6 Å². The molecule has 1 aliphatic heterocycles. The fourth-order valence-corrected chi connectivity index (χ4v) is 4.40. The van der Waals surface area contributed by atoms with Crippen molar-refractivity contribution >= 4 is 17.0 Å². The van der Waals surface area contributed by atoms with Crippen LogP contribution in [0.1, 0.15) is 72.5 Å². The maximum absolute atomic E-state index is 4.90. The van der Waals surface area contributed by atoms with Gasteiger partial charge in [0.2, 0.25) is 0 Å². The van der Waals surface area contributed by atoms with Gasteiger partial charge in [0.1, 0.15) is 17.4 Å². The maximum atomic E-state index is 4.90. The van der Waals surface area contributed by atoms with Crippen LogP contribution in [0.2, 0.25) is 0 Å². The van der Waals surface area contributed by atoms with Gasteiger partial charge in [-0.1, -0.05) is 27.7 Å². The summed E-state index contributed by atoms with van der Waals surface area (Å²) in [7, 11) is 0. The molecule has 4 rings (SSSR count). The molecule has 0 aliphatic carbocycles. The second kappa shape index (κ2) is 7.72. The molecule has 0 aromatic carbocycles. The van der Waals surface area contributed by atoms with Crippen molar-refractivity contribution in [1.82, 2.24) is 19.7 Å². The highest BCUT2D eigenvalue weighted by molar-refractivity contribution is 7.15. The zero-order valence-electron chi connectivity index (χ0n) is 17.2. The molecule has 0 unspecified atom stereocenters. The number of nitrogens with zero attached hydrogens (tertiary/aromatic N) is 5. The molecule has 0 amide bonds. The lowest BCUT2D eigenvalue weighted by molar-refractivity contribution is 0.822. The summed E-state index contributed by atoms with van der Waals surface area (Å²) in [4.78, 5) is 10.8. The molecular weight excluding hydrogens is 354 g/mol. The van der Waals surface area contributed by atoms with Crippen LogP contribution in [0.5, 0.6) is 0 Å². The lowest BCUT2D eigenvalue weighted by Gasteiger charge is -2.10. The minimum absolute atomic E-state index is 0.421. The van der Waals surface area contributed by atoms with Gasteiger partial charge in [-0.2, -0.15) is 0 Å². The van der Waals surface area contributed by atoms with E-state index in [1.807, 2.05) is 27.0 Å². The molecule has 0 saturated heterocycles. The minimum atomic E-state index is 0.421. The summed E-state index contributed by atoms with van der Waals surface area (Å²) in [6.45, 7) is 15.2. The van der Waals surface area contributed by atoms with Crippen LogP contribution in [0.3, 0.4) is 0 Å². The van der Waals surface area contributed by atoms with Crippen LogP contribution in [0, 0.1) is 20.8 Å². The van der Waals surface area contributed by atoms with E-state index in [0.29, 0.717) is 12.5 Å². The van der Waals surface area contributed by atoms with E-state index >= 15 is 0 Å². The monoisotopic (exact) mass is 381 g/mol. The van der Waals surface area contributed by atoms with Crippen LogP contribution in [-0.2, 0) is 6.54 Å². The fraction of sp³-hybridized carbons (Fsp3) is 0.429. The van der Waals surface area contributed by atoms with Crippen LogP contribution < -0.4 is 0 Å². The third kappa shape index (κ3) is 3.34. The van der Waals surface area contributed by atoms with Crippen molar-refractivity contribution in [3.05, 3.63) is 57.2 Å². The number of hydrogen-bond acceptors (Lipinski definition) is 5. The Morgan fingerprint density at radius 3 is 2.44 bits per heavy atom. The molecule has 0 saturated carbocycles. The van der Waals surface area contributed by atoms with Crippen molar-refractivity contribution in [1.29, 1.82) is 0 Å². The molecule has 0 fully saturated rings. The lowest BCUT2D eigenvalue weighted by Crippen LogP contribution is -2.08. The summed E-state index contributed by atoms with van der Waals surface area (Å²) in [5.41, 5.74) is 5.62. The van der Waals surface area contributed by atoms with Crippen molar-refractivity contribution in [2.45, 2.75) is 60.9 Å². The normalized spacial score (nSPS) is 12.7. The van der Waals surface area contributed by atoms with Gasteiger partial charge in [0.05, 0.1) is 5.71 Å². The van der Waals surface area contributed by atoms with Gasteiger partial charge in [-0.15, -0.1) is 21.5 Å². The highest BCUT2D eigenvalue weighted by atomic mass is 32.1. The number of aromatic nitrogens is 4. The van der Waals surface area contributed by atoms with Gasteiger partial charge in [0.25, 0.3) is 0 Å². The average Bonchev–Trinajstić information content (AvgIpc) is 3.12. The summed E-state index contributed by atoms with van der Waals surface area (Å²) in [6, 6.07) is 4.24. The number of hydrogen-bond donors (Lipinski definition) is 0. The van der Waals surface area contributed by atoms with Crippen molar-refractivity contribution in [2.75, 3.05) is 0 Å². The van der Waals surface area contributed by atoms with E-state index in [1.54, 1.807) is 11.3 Å². The van der Waals surface area contributed by atoms with Crippen LogP contribution in [-0.4, -0.2) is 25.5 Å². The molecule has 3 aromatic heterocycles. The summed E-state index contributed by atoms with van der Waals surface area (Å²) in [6.07, 6.45) is 1.95. The van der Waals surface area contributed by atoms with E-state index in [0.717, 1.165) is 33.6 Å². The summed E-state index contributed by atoms with van der Waals surface area (Å²) >= 11 is 1.78. The Morgan fingerprint density at radius 1 is 1.07 bits per heavy atom. The van der Waals surface area contributed by atoms with E-state index in [-0.39, 0.29) is 0 Å². The van der Waals surface area contributed by atoms with Crippen molar-refractivity contribution < 1.29 is 0 Å². The molecule has 0 radical (unpaired) electrons. The molecular formula is C21H27N5S. The summed E-state index contributed by atoms with van der Waals surface area (Å²) in [5, 5.41) is 9.72. The first-order chi connectivity index (χ1) is 13.0. The lowest BCUT2D eigenvalue weighted by atomic mass is 10.00. The van der Waals surface area contributed by atoms with Gasteiger partial charge in [-0.3, -0.25) is 14.5 Å². The third-order valence-corrected chi connectivity index (χ3v) is 5.92. The fourth-order valence-electron chi connectivity index (χ4n) is 3.17. The standard InChI is InChI=1S/C19H21N5S.C2H6/c1-10(2)15-7-6-14(8-20-15)18-17-11(3)12(4)25-19(17)24-13(5)22-23-16(24)9-21-18;1-2/h6-8,10H,9H2,1-5H3;1-2H3. The predicted octanol–water partition coefficient (Wildman–Crippen LogP) is 5.15. The second-order valence-corrected chi connectivity index (χ2v) is 7.96. The van der Waals surface area contributed by atoms with E-state index < -0.39 is 0 Å². The Bertz CT molecular complexity index is 977. The van der Waals surface area contributed by atoms with Crippen molar-refractivity contribution in [3.8, 4) is 5.00 Å². The van der Waals surface area contributed by atoms with Gasteiger partial charge >= 0.3 is 0 Å². The topological polar surface area (TPSA) is 56.0 Å². The van der Waals surface area contributed by atoms with Crippen molar-refractivity contribution in [3.63, 3.8) is 0 Å². The number of aliphatic imine (C=N–C) groups is 1. The average molecular weight is 382 g/mol. The molecule has 6 heteroatoms. The SMILES string of the molecule is CC.Cc1sc2c(c1C)C(c1ccc(C(C)C)nc1)=NCc1nnc(C)n1-2. The molecule has 142 valence electrons. The van der Waals surface area contributed by atoms with Gasteiger partial charge in [0.15, 0.2) is 5.82 Å². The van der Waals surface area contributed by atoms with Gasteiger partial charge in [-0.05, 0) is 44.4 Å². The molecule has 5 nitrogen and oxygen atoms in total. The highest BCUT2D eigenvalue weighted by Gasteiger charge is 2.26. The third-order valence-electron chi connectivity index (χ3n) is 4.73. The number of thiophene rings is 1. The largest absolute Gasteiger partial charge is 0.276 e. The number of pyridine rings is 1. The summed E-state index contributed by atoms with van der Waals surface area (Å²) in [5.74, 6) is 2.22. The summed E-state index contributed by atoms with van der Waals surface area (Å²) < 4.78 is 2.15. The Balaban J connectivity index is 0.00000102. The zero-order valence-corrected chi connectivity index (χ0v) is 18.0. The number of aryl methyl sites for hydroxylation is 2. The van der Waals surface area contributed by atoms with E-state index in [4.69, 9.17) is 4.99 Å². The van der Waals surface area contributed by atoms with Gasteiger partial charge in [-0.25, -0.2) is 0 Å². The predicted molar refractivity (Wildman–Crippen MR) is 112 cm³/mol. The number of fused-ring (bicyclic) bond motifs is 3. The van der Waals surface area contributed by atoms with E-state index in [1.165, 1.54) is 16.0 Å². The maximum Gasteiger partial charge on any atom is 0.160 e. The molecule has 0 atom stereocenters. The second-order valence-electron chi connectivity index (χ2n) is 6.75. The van der Waals surface area contributed by atoms with Gasteiger partial charge in [0, 0.05) is 27.9 Å². The quantitative estimate of drug-likeness (QED) is 0.617. The highest BCUT2D eigenvalue weighted by Crippen LogP contribution is 2.36. The Kier molecular flexibility index (Phi) is 5.56. The van der Waals surface area contributed by atoms with Crippen LogP contribution in [0.25, 0.3) is 5.00 Å². The first-order valence-electron chi connectivity index (χ1n) is 9.49. The zero-order chi connectivity index (χ0) is 19.7. The van der Waals surface area contributed by atoms with Crippen LogP contribution in [0.15, 0.2) is 23.3 Å². The van der Waals surface area contributed by atoms with Crippen molar-refractivity contribution in [2.24, 2.45) is 4.99 Å². The Morgan fingerprint density at radius 2 is 1.81 bits per heavy atom. The van der Waals surface area contributed by atoms with Crippen LogP contribution >= 0.6 is 11.3 Å². The number of rotatable bonds is 2. The first kappa shape index (κ1) is 19.4. The molecule has 3 aromatic rings. The smallest absolute Gasteiger partial charge is 0.160 e. The Labute approximate surface area is 165 Å². The Hall–Kier alpha value is -2.34. The molecule has 4 heterocycles. The molecule has 0 N–H and O–H groups in total. The molecule has 0 bridgehead atoms. The van der Waals surface area contributed by atoms with E-state index in [9.17, 15) is 0 Å². The first-order valence-corrected chi connectivity index (χ1v) is 10.3. The van der Waals surface area contributed by atoms with Crippen LogP contribution in [0.4, 0.5) is 0 Å². The molecule has 27 heavy (non-hydrogen) atoms. The minimum Gasteiger partial charge on any atom is -0.276 e. The molecule has 0 spiro atoms. The van der Waals surface area contributed by atoms with Gasteiger partial charge < -0.3 is 0 Å². The molecule has 1 aliphatic rings.